The van der Waals surface area contributed by atoms with E-state index in [0.29, 0.717) is 0 Å². The molecule has 0 spiro atoms. The smallest absolute Gasteiger partial charge is 0.263 e. The van der Waals surface area contributed by atoms with Crippen molar-refractivity contribution in [2.24, 2.45) is 0 Å². The van der Waals surface area contributed by atoms with Crippen LogP contribution in [0.25, 0.3) is 0 Å². The Hall–Kier alpha value is -1.79. The number of rotatable bonds is 3. The van der Waals surface area contributed by atoms with Gasteiger partial charge < -0.3 is 10.2 Å². The number of carbonyl (C=O) groups excluding carboxylic acids is 2. The minimum Gasteiger partial charge on any atom is -0.393 e. The number of hydrogen-bond donors (Lipinski definition) is 2. The van der Waals surface area contributed by atoms with Crippen LogP contribution in [0.1, 0.15) is 27.6 Å². The Morgan fingerprint density at radius 3 is 2.59 bits per heavy atom. The lowest BCUT2D eigenvalue weighted by atomic mass is 10.1. The number of aromatic nitrogens is 1. The van der Waals surface area contributed by atoms with Crippen LogP contribution >= 0.6 is 0 Å². The molecule has 1 aromatic heterocycles. The van der Waals surface area contributed by atoms with E-state index < -0.39 is 24.0 Å². The van der Waals surface area contributed by atoms with Crippen LogP contribution < -0.4 is 0 Å². The summed E-state index contributed by atoms with van der Waals surface area (Å²) in [7, 11) is 0. The highest BCUT2D eigenvalue weighted by molar-refractivity contribution is 6.21. The second-order valence-electron chi connectivity index (χ2n) is 4.27. The summed E-state index contributed by atoms with van der Waals surface area (Å²) in [5, 5.41) is 18.6. The minimum absolute atomic E-state index is 0.228. The van der Waals surface area contributed by atoms with Crippen molar-refractivity contribution in [3.05, 3.63) is 29.6 Å². The molecular formula is C11H12N2O4. The zero-order valence-corrected chi connectivity index (χ0v) is 9.25. The van der Waals surface area contributed by atoms with Crippen molar-refractivity contribution < 1.29 is 19.8 Å². The number of carbonyl (C=O) groups is 2. The highest BCUT2D eigenvalue weighted by Crippen LogP contribution is 2.23. The molecule has 1 atom stereocenters. The third-order valence-corrected chi connectivity index (χ3v) is 2.61. The van der Waals surface area contributed by atoms with Crippen LogP contribution in [0, 0.1) is 0 Å². The van der Waals surface area contributed by atoms with Crippen molar-refractivity contribution in [1.29, 1.82) is 0 Å². The SMILES string of the molecule is CC(O)(CO)CN1C(=O)c2ccncc2C1=O. The summed E-state index contributed by atoms with van der Waals surface area (Å²) in [5.74, 6) is -0.965. The van der Waals surface area contributed by atoms with E-state index in [-0.39, 0.29) is 17.7 Å². The van der Waals surface area contributed by atoms with Crippen molar-refractivity contribution in [2.75, 3.05) is 13.2 Å². The summed E-state index contributed by atoms with van der Waals surface area (Å²) >= 11 is 0. The predicted molar refractivity (Wildman–Crippen MR) is 57.3 cm³/mol. The van der Waals surface area contributed by atoms with Gasteiger partial charge in [0.25, 0.3) is 11.8 Å². The lowest BCUT2D eigenvalue weighted by molar-refractivity contribution is -0.0175. The van der Waals surface area contributed by atoms with Crippen molar-refractivity contribution in [3.8, 4) is 0 Å². The quantitative estimate of drug-likeness (QED) is 0.685. The van der Waals surface area contributed by atoms with Gasteiger partial charge in [-0.25, -0.2) is 0 Å². The summed E-state index contributed by atoms with van der Waals surface area (Å²) in [6, 6.07) is 1.46. The number of imide groups is 1. The number of aliphatic hydroxyl groups is 2. The first-order chi connectivity index (χ1) is 7.96. The molecule has 1 unspecified atom stereocenters. The van der Waals surface area contributed by atoms with Gasteiger partial charge in [-0.2, -0.15) is 0 Å². The molecule has 0 saturated heterocycles. The zero-order valence-electron chi connectivity index (χ0n) is 9.25. The molecule has 0 saturated carbocycles. The Labute approximate surface area is 97.5 Å². The molecule has 2 amide bonds. The van der Waals surface area contributed by atoms with Gasteiger partial charge in [-0.3, -0.25) is 19.5 Å². The van der Waals surface area contributed by atoms with Crippen molar-refractivity contribution in [1.82, 2.24) is 9.88 Å². The third kappa shape index (κ3) is 1.92. The van der Waals surface area contributed by atoms with Crippen molar-refractivity contribution in [3.63, 3.8) is 0 Å². The van der Waals surface area contributed by atoms with Crippen LogP contribution in [-0.4, -0.2) is 50.7 Å². The van der Waals surface area contributed by atoms with Gasteiger partial charge in [0.05, 0.1) is 24.3 Å². The number of aliphatic hydroxyl groups excluding tert-OH is 1. The van der Waals surface area contributed by atoms with Crippen LogP contribution in [-0.2, 0) is 0 Å². The topological polar surface area (TPSA) is 90.7 Å². The highest BCUT2D eigenvalue weighted by Gasteiger charge is 2.39. The standard InChI is InChI=1S/C11H12N2O4/c1-11(17,6-14)5-13-9(15)7-2-3-12-4-8(7)10(13)16/h2-4,14,17H,5-6H2,1H3. The van der Waals surface area contributed by atoms with Gasteiger partial charge >= 0.3 is 0 Å². The van der Waals surface area contributed by atoms with E-state index in [1.807, 2.05) is 0 Å². The molecule has 2 N–H and O–H groups in total. The average molecular weight is 236 g/mol. The van der Waals surface area contributed by atoms with Gasteiger partial charge in [0, 0.05) is 12.4 Å². The first-order valence-corrected chi connectivity index (χ1v) is 5.10. The fourth-order valence-electron chi connectivity index (χ4n) is 1.67. The molecule has 6 heteroatoms. The van der Waals surface area contributed by atoms with Crippen molar-refractivity contribution in [2.45, 2.75) is 12.5 Å². The van der Waals surface area contributed by atoms with Gasteiger partial charge in [-0.1, -0.05) is 0 Å². The average Bonchev–Trinajstić information content (AvgIpc) is 2.55. The second-order valence-corrected chi connectivity index (χ2v) is 4.27. The maximum atomic E-state index is 11.9. The van der Waals surface area contributed by atoms with Crippen LogP contribution in [0.15, 0.2) is 18.5 Å². The Bertz CT molecular complexity index is 449. The summed E-state index contributed by atoms with van der Waals surface area (Å²) in [6.07, 6.45) is 2.75. The Morgan fingerprint density at radius 1 is 1.35 bits per heavy atom. The Kier molecular flexibility index (Phi) is 2.68. The van der Waals surface area contributed by atoms with Crippen molar-refractivity contribution >= 4 is 11.8 Å². The fraction of sp³-hybridized carbons (Fsp3) is 0.364. The van der Waals surface area contributed by atoms with E-state index in [1.165, 1.54) is 25.4 Å². The molecule has 6 nitrogen and oxygen atoms in total. The Morgan fingerprint density at radius 2 is 2.00 bits per heavy atom. The van der Waals surface area contributed by atoms with E-state index in [4.69, 9.17) is 5.11 Å². The number of hydrogen-bond acceptors (Lipinski definition) is 5. The van der Waals surface area contributed by atoms with Gasteiger partial charge in [-0.05, 0) is 13.0 Å². The monoisotopic (exact) mass is 236 g/mol. The van der Waals surface area contributed by atoms with Crippen LogP contribution in [0.2, 0.25) is 0 Å². The van der Waals surface area contributed by atoms with E-state index in [0.717, 1.165) is 4.90 Å². The van der Waals surface area contributed by atoms with Gasteiger partial charge in [0.1, 0.15) is 5.60 Å². The summed E-state index contributed by atoms with van der Waals surface area (Å²) in [5.41, 5.74) is -0.995. The molecule has 0 fully saturated rings. The number of nitrogens with zero attached hydrogens (tertiary/aromatic N) is 2. The first kappa shape index (κ1) is 11.7. The maximum absolute atomic E-state index is 11.9. The molecule has 1 aliphatic rings. The summed E-state index contributed by atoms with van der Waals surface area (Å²) in [4.78, 5) is 28.5. The molecule has 90 valence electrons. The minimum atomic E-state index is -1.50. The lowest BCUT2D eigenvalue weighted by Crippen LogP contribution is -2.45. The summed E-state index contributed by atoms with van der Waals surface area (Å²) < 4.78 is 0. The van der Waals surface area contributed by atoms with E-state index >= 15 is 0 Å². The second kappa shape index (κ2) is 3.90. The molecule has 2 heterocycles. The maximum Gasteiger partial charge on any atom is 0.263 e. The predicted octanol–water partition coefficient (Wildman–Crippen LogP) is -0.579. The van der Waals surface area contributed by atoms with Gasteiger partial charge in [0.2, 0.25) is 0 Å². The number of fused-ring (bicyclic) bond motifs is 1. The first-order valence-electron chi connectivity index (χ1n) is 5.10. The lowest BCUT2D eigenvalue weighted by Gasteiger charge is -2.25. The molecule has 0 bridgehead atoms. The van der Waals surface area contributed by atoms with E-state index in [1.54, 1.807) is 0 Å². The fourth-order valence-corrected chi connectivity index (χ4v) is 1.67. The normalized spacial score (nSPS) is 18.2. The largest absolute Gasteiger partial charge is 0.393 e. The van der Waals surface area contributed by atoms with E-state index in [2.05, 4.69) is 4.98 Å². The Balaban J connectivity index is 2.31. The molecule has 0 aromatic carbocycles. The zero-order chi connectivity index (χ0) is 12.6. The van der Waals surface area contributed by atoms with Crippen LogP contribution in [0.3, 0.4) is 0 Å². The molecule has 1 aromatic rings. The number of pyridine rings is 1. The molecular weight excluding hydrogens is 224 g/mol. The molecule has 2 rings (SSSR count). The van der Waals surface area contributed by atoms with Crippen LogP contribution in [0.5, 0.6) is 0 Å². The highest BCUT2D eigenvalue weighted by atomic mass is 16.3. The van der Waals surface area contributed by atoms with Gasteiger partial charge in [-0.15, -0.1) is 0 Å². The summed E-state index contributed by atoms with van der Waals surface area (Å²) in [6.45, 7) is 0.587. The number of β-amino-alcohol motifs (C(OH)–C–C–N with tert-alkyl or cyclic N) is 1. The van der Waals surface area contributed by atoms with E-state index in [9.17, 15) is 14.7 Å². The molecule has 0 aliphatic carbocycles. The third-order valence-electron chi connectivity index (χ3n) is 2.61. The number of amides is 2. The van der Waals surface area contributed by atoms with Gasteiger partial charge in [0.15, 0.2) is 0 Å². The molecule has 0 radical (unpaired) electrons. The molecule has 17 heavy (non-hydrogen) atoms. The van der Waals surface area contributed by atoms with Crippen LogP contribution in [0.4, 0.5) is 0 Å². The molecule has 1 aliphatic heterocycles.